The first-order valence-electron chi connectivity index (χ1n) is 5.45. The van der Waals surface area contributed by atoms with Gasteiger partial charge in [0.15, 0.2) is 0 Å². The molecule has 0 aliphatic carbocycles. The molecule has 0 radical (unpaired) electrons. The third kappa shape index (κ3) is 1.81. The van der Waals surface area contributed by atoms with Gasteiger partial charge in [0.05, 0.1) is 6.20 Å². The van der Waals surface area contributed by atoms with E-state index >= 15 is 0 Å². The molecule has 0 saturated carbocycles. The number of rotatable bonds is 3. The summed E-state index contributed by atoms with van der Waals surface area (Å²) in [5.41, 5.74) is 2.92. The van der Waals surface area contributed by atoms with Crippen molar-refractivity contribution in [2.75, 3.05) is 5.32 Å². The summed E-state index contributed by atoms with van der Waals surface area (Å²) in [5.74, 6) is -0.00491. The Morgan fingerprint density at radius 2 is 2.24 bits per heavy atom. The van der Waals surface area contributed by atoms with Gasteiger partial charge in [-0.25, -0.2) is 0 Å². The Kier molecular flexibility index (Phi) is 2.38. The number of aromatic amines is 1. The quantitative estimate of drug-likeness (QED) is 0.739. The number of anilines is 1. The van der Waals surface area contributed by atoms with Crippen LogP contribution in [0.4, 0.5) is 5.69 Å². The minimum Gasteiger partial charge on any atom is -0.324 e. The molecule has 1 aromatic heterocycles. The van der Waals surface area contributed by atoms with Crippen LogP contribution >= 0.6 is 0 Å². The number of carbonyl (C=O) groups is 1. The average Bonchev–Trinajstić information content (AvgIpc) is 2.93. The maximum Gasteiger partial charge on any atom is 0.246 e. The Labute approximate surface area is 98.2 Å². The second-order valence-electron chi connectivity index (χ2n) is 4.00. The normalized spacial score (nSPS) is 17.9. The van der Waals surface area contributed by atoms with Crippen LogP contribution in [0.25, 0.3) is 0 Å². The third-order valence-corrected chi connectivity index (χ3v) is 2.86. The van der Waals surface area contributed by atoms with E-state index in [1.807, 2.05) is 30.5 Å². The molecule has 1 amide bonds. The van der Waals surface area contributed by atoms with Crippen molar-refractivity contribution < 1.29 is 4.79 Å². The fraction of sp³-hybridized carbons (Fsp3) is 0.167. The number of hydrogen-bond acceptors (Lipinski definition) is 3. The highest BCUT2D eigenvalue weighted by Crippen LogP contribution is 2.30. The highest BCUT2D eigenvalue weighted by atomic mass is 16.2. The first-order chi connectivity index (χ1) is 8.34. The zero-order valence-electron chi connectivity index (χ0n) is 9.10. The molecular weight excluding hydrogens is 216 g/mol. The van der Waals surface area contributed by atoms with E-state index in [0.29, 0.717) is 6.54 Å². The second kappa shape index (κ2) is 4.03. The molecule has 1 unspecified atom stereocenters. The lowest BCUT2D eigenvalue weighted by atomic mass is 10.1. The van der Waals surface area contributed by atoms with Crippen LogP contribution in [0.1, 0.15) is 17.2 Å². The number of H-pyrrole nitrogens is 1. The Balaban J connectivity index is 1.77. The van der Waals surface area contributed by atoms with Crippen LogP contribution in [0.2, 0.25) is 0 Å². The highest BCUT2D eigenvalue weighted by molar-refractivity contribution is 6.02. The molecule has 1 aromatic carbocycles. The van der Waals surface area contributed by atoms with Gasteiger partial charge in [0.2, 0.25) is 5.91 Å². The molecule has 0 saturated heterocycles. The lowest BCUT2D eigenvalue weighted by Crippen LogP contribution is -2.26. The first-order valence-corrected chi connectivity index (χ1v) is 5.45. The van der Waals surface area contributed by atoms with E-state index in [0.717, 1.165) is 16.8 Å². The predicted octanol–water partition coefficient (Wildman–Crippen LogP) is 1.19. The number of benzene rings is 1. The second-order valence-corrected chi connectivity index (χ2v) is 4.00. The fourth-order valence-electron chi connectivity index (χ4n) is 2.01. The van der Waals surface area contributed by atoms with Gasteiger partial charge in [-0.1, -0.05) is 18.2 Å². The molecule has 2 heterocycles. The molecule has 1 aliphatic rings. The Hall–Kier alpha value is -2.14. The van der Waals surface area contributed by atoms with Gasteiger partial charge in [-0.05, 0) is 6.07 Å². The molecule has 0 spiro atoms. The molecule has 5 nitrogen and oxygen atoms in total. The van der Waals surface area contributed by atoms with Gasteiger partial charge in [-0.15, -0.1) is 0 Å². The van der Waals surface area contributed by atoms with Crippen LogP contribution < -0.4 is 10.6 Å². The number of nitrogens with one attached hydrogen (secondary N) is 3. The fourth-order valence-corrected chi connectivity index (χ4v) is 2.01. The lowest BCUT2D eigenvalue weighted by molar-refractivity contribution is -0.117. The number of fused-ring (bicyclic) bond motifs is 1. The summed E-state index contributed by atoms with van der Waals surface area (Å²) >= 11 is 0. The van der Waals surface area contributed by atoms with Crippen molar-refractivity contribution in [3.8, 4) is 0 Å². The maximum absolute atomic E-state index is 11.8. The van der Waals surface area contributed by atoms with Crippen molar-refractivity contribution in [2.24, 2.45) is 0 Å². The van der Waals surface area contributed by atoms with E-state index in [1.165, 1.54) is 0 Å². The van der Waals surface area contributed by atoms with E-state index in [4.69, 9.17) is 0 Å². The Morgan fingerprint density at radius 1 is 1.35 bits per heavy atom. The van der Waals surface area contributed by atoms with Crippen LogP contribution in [0.3, 0.4) is 0 Å². The summed E-state index contributed by atoms with van der Waals surface area (Å²) in [4.78, 5) is 11.8. The van der Waals surface area contributed by atoms with E-state index in [9.17, 15) is 4.79 Å². The van der Waals surface area contributed by atoms with Gasteiger partial charge in [0.1, 0.15) is 6.04 Å². The van der Waals surface area contributed by atoms with E-state index in [1.54, 1.807) is 6.20 Å². The van der Waals surface area contributed by atoms with Gasteiger partial charge in [0.25, 0.3) is 0 Å². The number of amides is 1. The first kappa shape index (κ1) is 10.0. The zero-order chi connectivity index (χ0) is 11.7. The molecule has 3 N–H and O–H groups in total. The van der Waals surface area contributed by atoms with Gasteiger partial charge in [0, 0.05) is 29.6 Å². The van der Waals surface area contributed by atoms with Gasteiger partial charge >= 0.3 is 0 Å². The van der Waals surface area contributed by atoms with Crippen LogP contribution in [0.15, 0.2) is 36.7 Å². The Morgan fingerprint density at radius 3 is 3.06 bits per heavy atom. The minimum absolute atomic E-state index is 0.00491. The molecule has 5 heteroatoms. The molecule has 1 aliphatic heterocycles. The summed E-state index contributed by atoms with van der Waals surface area (Å²) in [7, 11) is 0. The van der Waals surface area contributed by atoms with Crippen molar-refractivity contribution >= 4 is 11.6 Å². The molecule has 0 bridgehead atoms. The monoisotopic (exact) mass is 228 g/mol. The third-order valence-electron chi connectivity index (χ3n) is 2.86. The highest BCUT2D eigenvalue weighted by Gasteiger charge is 2.29. The molecular formula is C12H12N4O. The zero-order valence-corrected chi connectivity index (χ0v) is 9.10. The van der Waals surface area contributed by atoms with E-state index < -0.39 is 0 Å². The largest absolute Gasteiger partial charge is 0.324 e. The molecule has 0 fully saturated rings. The summed E-state index contributed by atoms with van der Waals surface area (Å²) in [6, 6.07) is 7.44. The lowest BCUT2D eigenvalue weighted by Gasteiger charge is -2.09. The van der Waals surface area contributed by atoms with Gasteiger partial charge in [-0.2, -0.15) is 5.10 Å². The van der Waals surface area contributed by atoms with Crippen LogP contribution in [0.5, 0.6) is 0 Å². The van der Waals surface area contributed by atoms with Gasteiger partial charge < -0.3 is 5.32 Å². The number of aromatic nitrogens is 2. The summed E-state index contributed by atoms with van der Waals surface area (Å²) < 4.78 is 0. The molecule has 17 heavy (non-hydrogen) atoms. The van der Waals surface area contributed by atoms with Crippen LogP contribution in [-0.2, 0) is 11.3 Å². The van der Waals surface area contributed by atoms with E-state index in [-0.39, 0.29) is 11.9 Å². The number of nitrogens with zero attached hydrogens (tertiary/aromatic N) is 1. The van der Waals surface area contributed by atoms with Crippen LogP contribution in [-0.4, -0.2) is 16.1 Å². The molecule has 1 atom stereocenters. The predicted molar refractivity (Wildman–Crippen MR) is 63.2 cm³/mol. The van der Waals surface area contributed by atoms with E-state index in [2.05, 4.69) is 20.8 Å². The van der Waals surface area contributed by atoms with Crippen LogP contribution in [0, 0.1) is 0 Å². The maximum atomic E-state index is 11.8. The van der Waals surface area contributed by atoms with Crippen molar-refractivity contribution in [1.29, 1.82) is 0 Å². The topological polar surface area (TPSA) is 69.8 Å². The SMILES string of the molecule is O=C1Nc2ccccc2C1NCc1cn[nH]c1. The number of hydrogen-bond donors (Lipinski definition) is 3. The number of carbonyl (C=O) groups excluding carboxylic acids is 1. The number of para-hydroxylation sites is 1. The van der Waals surface area contributed by atoms with Crippen molar-refractivity contribution in [3.63, 3.8) is 0 Å². The van der Waals surface area contributed by atoms with Crippen molar-refractivity contribution in [1.82, 2.24) is 15.5 Å². The molecule has 3 rings (SSSR count). The summed E-state index contributed by atoms with van der Waals surface area (Å²) in [6.45, 7) is 0.614. The average molecular weight is 228 g/mol. The van der Waals surface area contributed by atoms with Crippen molar-refractivity contribution in [2.45, 2.75) is 12.6 Å². The van der Waals surface area contributed by atoms with Gasteiger partial charge in [-0.3, -0.25) is 15.2 Å². The summed E-state index contributed by atoms with van der Waals surface area (Å²) in [6.07, 6.45) is 3.55. The summed E-state index contributed by atoms with van der Waals surface area (Å²) in [5, 5.41) is 12.7. The minimum atomic E-state index is -0.277. The van der Waals surface area contributed by atoms with Crippen molar-refractivity contribution in [3.05, 3.63) is 47.8 Å². The Bertz CT molecular complexity index is 535. The molecule has 86 valence electrons. The smallest absolute Gasteiger partial charge is 0.246 e. The standard InChI is InChI=1S/C12H12N4O/c17-12-11(13-5-8-6-14-15-7-8)9-3-1-2-4-10(9)16-12/h1-4,6-7,11,13H,5H2,(H,14,15)(H,16,17). The molecule has 2 aromatic rings.